The smallest absolute Gasteiger partial charge is 0.318 e. The summed E-state index contributed by atoms with van der Waals surface area (Å²) in [5.74, 6) is -0.865. The van der Waals surface area contributed by atoms with Gasteiger partial charge in [-0.1, -0.05) is 44.2 Å². The average molecular weight is 488 g/mol. The summed E-state index contributed by atoms with van der Waals surface area (Å²) in [6, 6.07) is 15.9. The molecular formula is C25H30FN2O5P. The molecule has 9 heteroatoms. The highest BCUT2D eigenvalue weighted by atomic mass is 31.1. The van der Waals surface area contributed by atoms with Crippen LogP contribution in [0.15, 0.2) is 54.6 Å². The highest BCUT2D eigenvalue weighted by Crippen LogP contribution is 2.34. The maximum atomic E-state index is 13.7. The van der Waals surface area contributed by atoms with Crippen LogP contribution in [-0.4, -0.2) is 44.6 Å². The topological polar surface area (TPSA) is 102 Å². The number of hydrogen-bond acceptors (Lipinski definition) is 5. The summed E-state index contributed by atoms with van der Waals surface area (Å²) >= 11 is 0. The van der Waals surface area contributed by atoms with E-state index < -0.39 is 25.8 Å². The van der Waals surface area contributed by atoms with Crippen LogP contribution in [0, 0.1) is 5.82 Å². The molecule has 1 heterocycles. The standard InChI is InChI=1S/C25H30FN2O5P/c1-16(2)22-20(10-7-11-21(29)23(25(30)31)34(32)33-3)28(19-14-12-18(26)13-15-19)24(27-22)17-8-5-4-6-9-17/h4-6,8-9,12-16,21,23,29,34H,7,10-11H2,1-3H3,(H,30,31)/t21?,23-/m0/s1. The molecule has 2 aromatic carbocycles. The van der Waals surface area contributed by atoms with Crippen molar-refractivity contribution in [2.75, 3.05) is 7.11 Å². The molecule has 0 aliphatic carbocycles. The van der Waals surface area contributed by atoms with Crippen LogP contribution in [-0.2, 0) is 20.3 Å². The fourth-order valence-electron chi connectivity index (χ4n) is 4.02. The number of carboxylic acid groups (broad SMARTS) is 1. The van der Waals surface area contributed by atoms with E-state index in [4.69, 9.17) is 9.51 Å². The van der Waals surface area contributed by atoms with E-state index in [0.29, 0.717) is 12.8 Å². The van der Waals surface area contributed by atoms with Crippen LogP contribution < -0.4 is 0 Å². The molecule has 34 heavy (non-hydrogen) atoms. The lowest BCUT2D eigenvalue weighted by atomic mass is 10.0. The van der Waals surface area contributed by atoms with Crippen LogP contribution in [0.2, 0.25) is 0 Å². The summed E-state index contributed by atoms with van der Waals surface area (Å²) in [5, 5.41) is 19.8. The Balaban J connectivity index is 1.99. The van der Waals surface area contributed by atoms with Gasteiger partial charge in [0.2, 0.25) is 8.03 Å². The lowest BCUT2D eigenvalue weighted by molar-refractivity contribution is -0.138. The van der Waals surface area contributed by atoms with Gasteiger partial charge >= 0.3 is 5.97 Å². The number of nitrogens with zero attached hydrogens (tertiary/aromatic N) is 2. The Morgan fingerprint density at radius 1 is 1.15 bits per heavy atom. The molecule has 0 bridgehead atoms. The molecule has 1 aromatic heterocycles. The zero-order valence-electron chi connectivity index (χ0n) is 19.4. The quantitative estimate of drug-likeness (QED) is 0.366. The number of benzene rings is 2. The third kappa shape index (κ3) is 5.81. The molecule has 182 valence electrons. The van der Waals surface area contributed by atoms with E-state index in [1.54, 1.807) is 12.1 Å². The Morgan fingerprint density at radius 3 is 2.35 bits per heavy atom. The SMILES string of the molecule is CO[PH](=O)[C@H](C(=O)O)C(O)CCCc1c(C(C)C)nc(-c2ccccc2)n1-c1ccc(F)cc1. The van der Waals surface area contributed by atoms with Gasteiger partial charge in [0.25, 0.3) is 0 Å². The normalized spacial score (nSPS) is 14.2. The molecule has 0 saturated heterocycles. The fraction of sp³-hybridized carbons (Fsp3) is 0.360. The van der Waals surface area contributed by atoms with E-state index in [2.05, 4.69) is 0 Å². The Hall–Kier alpha value is -2.80. The molecule has 0 aliphatic rings. The van der Waals surface area contributed by atoms with Crippen molar-refractivity contribution in [3.63, 3.8) is 0 Å². The van der Waals surface area contributed by atoms with E-state index in [9.17, 15) is 24.0 Å². The number of imidazole rings is 1. The highest BCUT2D eigenvalue weighted by molar-refractivity contribution is 7.41. The summed E-state index contributed by atoms with van der Waals surface area (Å²) in [7, 11) is -1.75. The van der Waals surface area contributed by atoms with E-state index in [1.165, 1.54) is 19.2 Å². The molecule has 0 amide bonds. The Morgan fingerprint density at radius 2 is 1.79 bits per heavy atom. The molecule has 3 atom stereocenters. The number of rotatable bonds is 11. The van der Waals surface area contributed by atoms with Gasteiger partial charge < -0.3 is 14.7 Å². The number of halogens is 1. The lowest BCUT2D eigenvalue weighted by Gasteiger charge is -2.19. The number of hydrogen-bond donors (Lipinski definition) is 2. The number of aliphatic carboxylic acids is 1. The minimum absolute atomic E-state index is 0.0980. The van der Waals surface area contributed by atoms with Gasteiger partial charge in [-0.25, -0.2) is 9.37 Å². The van der Waals surface area contributed by atoms with Crippen molar-refractivity contribution < 1.29 is 28.5 Å². The first-order valence-corrected chi connectivity index (χ1v) is 12.6. The fourth-order valence-corrected chi connectivity index (χ4v) is 4.95. The van der Waals surface area contributed by atoms with Gasteiger partial charge in [0.15, 0.2) is 5.66 Å². The molecule has 3 aromatic rings. The molecule has 0 spiro atoms. The summed E-state index contributed by atoms with van der Waals surface area (Å²) < 4.78 is 32.3. The summed E-state index contributed by atoms with van der Waals surface area (Å²) in [5.41, 5.74) is 1.98. The number of carboxylic acids is 1. The summed E-state index contributed by atoms with van der Waals surface area (Å²) in [6.07, 6.45) is -0.252. The maximum Gasteiger partial charge on any atom is 0.318 e. The second-order valence-corrected chi connectivity index (χ2v) is 10.1. The van der Waals surface area contributed by atoms with E-state index in [1.807, 2.05) is 48.7 Å². The zero-order chi connectivity index (χ0) is 24.8. The minimum atomic E-state index is -2.92. The number of aliphatic hydroxyl groups is 1. The molecule has 0 saturated carbocycles. The van der Waals surface area contributed by atoms with Gasteiger partial charge in [0.1, 0.15) is 11.6 Å². The van der Waals surface area contributed by atoms with Crippen LogP contribution in [0.1, 0.15) is 44.0 Å². The zero-order valence-corrected chi connectivity index (χ0v) is 20.4. The van der Waals surface area contributed by atoms with Gasteiger partial charge in [-0.3, -0.25) is 13.9 Å². The van der Waals surface area contributed by atoms with Gasteiger partial charge in [-0.15, -0.1) is 0 Å². The lowest BCUT2D eigenvalue weighted by Crippen LogP contribution is -2.31. The second kappa shape index (κ2) is 11.6. The van der Waals surface area contributed by atoms with Gasteiger partial charge in [-0.05, 0) is 49.4 Å². The van der Waals surface area contributed by atoms with Gasteiger partial charge in [-0.2, -0.15) is 0 Å². The number of aromatic nitrogens is 2. The predicted octanol–water partition coefficient (Wildman–Crippen LogP) is 5.06. The highest BCUT2D eigenvalue weighted by Gasteiger charge is 2.32. The Kier molecular flexibility index (Phi) is 8.78. The third-order valence-electron chi connectivity index (χ3n) is 5.69. The van der Waals surface area contributed by atoms with Crippen LogP contribution in [0.25, 0.3) is 17.1 Å². The van der Waals surface area contributed by atoms with E-state index in [-0.39, 0.29) is 18.2 Å². The van der Waals surface area contributed by atoms with Crippen LogP contribution >= 0.6 is 8.03 Å². The largest absolute Gasteiger partial charge is 0.481 e. The van der Waals surface area contributed by atoms with Gasteiger partial charge in [0.05, 0.1) is 11.8 Å². The summed E-state index contributed by atoms with van der Waals surface area (Å²) in [4.78, 5) is 16.4. The molecule has 7 nitrogen and oxygen atoms in total. The molecule has 0 fully saturated rings. The third-order valence-corrected chi connectivity index (χ3v) is 7.23. The minimum Gasteiger partial charge on any atom is -0.481 e. The van der Waals surface area contributed by atoms with Gasteiger partial charge in [0, 0.05) is 24.1 Å². The van der Waals surface area contributed by atoms with Crippen LogP contribution in [0.3, 0.4) is 0 Å². The number of aliphatic hydroxyl groups excluding tert-OH is 1. The molecule has 0 radical (unpaired) electrons. The Labute approximate surface area is 199 Å². The van der Waals surface area contributed by atoms with Crippen LogP contribution in [0.4, 0.5) is 4.39 Å². The molecule has 2 N–H and O–H groups in total. The van der Waals surface area contributed by atoms with E-state index >= 15 is 0 Å². The van der Waals surface area contributed by atoms with Crippen LogP contribution in [0.5, 0.6) is 0 Å². The molecule has 2 unspecified atom stereocenters. The van der Waals surface area contributed by atoms with Crippen molar-refractivity contribution in [3.8, 4) is 17.1 Å². The van der Waals surface area contributed by atoms with Crippen molar-refractivity contribution in [1.29, 1.82) is 0 Å². The van der Waals surface area contributed by atoms with Crippen molar-refractivity contribution in [2.24, 2.45) is 0 Å². The molecule has 0 aliphatic heterocycles. The first-order chi connectivity index (χ1) is 16.2. The van der Waals surface area contributed by atoms with Crippen molar-refractivity contribution in [1.82, 2.24) is 9.55 Å². The maximum absolute atomic E-state index is 13.7. The Bertz CT molecular complexity index is 1130. The first-order valence-electron chi connectivity index (χ1n) is 11.2. The summed E-state index contributed by atoms with van der Waals surface area (Å²) in [6.45, 7) is 4.07. The van der Waals surface area contributed by atoms with E-state index in [0.717, 1.165) is 28.5 Å². The predicted molar refractivity (Wildman–Crippen MR) is 129 cm³/mol. The van der Waals surface area contributed by atoms with Crippen molar-refractivity contribution in [3.05, 3.63) is 71.8 Å². The van der Waals surface area contributed by atoms with Crippen molar-refractivity contribution in [2.45, 2.75) is 50.8 Å². The monoisotopic (exact) mass is 488 g/mol. The first kappa shape index (κ1) is 25.8. The molecule has 3 rings (SSSR count). The van der Waals surface area contributed by atoms with Crippen molar-refractivity contribution >= 4 is 14.0 Å². The molecular weight excluding hydrogens is 458 g/mol. The number of carbonyl (C=O) groups is 1. The second-order valence-electron chi connectivity index (χ2n) is 8.40. The average Bonchev–Trinajstić information content (AvgIpc) is 3.19.